The Balaban J connectivity index is 2.76. The molecule has 4 N–H and O–H groups in total. The van der Waals surface area contributed by atoms with E-state index in [1.807, 2.05) is 13.8 Å². The van der Waals surface area contributed by atoms with Crippen LogP contribution in [0.2, 0.25) is 0 Å². The van der Waals surface area contributed by atoms with Crippen molar-refractivity contribution in [3.8, 4) is 6.01 Å². The lowest BCUT2D eigenvalue weighted by Gasteiger charge is -2.16. The van der Waals surface area contributed by atoms with Crippen molar-refractivity contribution in [3.63, 3.8) is 0 Å². The van der Waals surface area contributed by atoms with Crippen LogP contribution < -0.4 is 21.3 Å². The third-order valence-electron chi connectivity index (χ3n) is 2.81. The zero-order valence-corrected chi connectivity index (χ0v) is 12.3. The van der Waals surface area contributed by atoms with Gasteiger partial charge in [-0.1, -0.05) is 20.8 Å². The Hall–Kier alpha value is -1.63. The Morgan fingerprint density at radius 2 is 1.68 bits per heavy atom. The number of nitrogens with zero attached hydrogens (tertiary/aromatic N) is 3. The van der Waals surface area contributed by atoms with Gasteiger partial charge in [0.15, 0.2) is 0 Å². The molecule has 1 unspecified atom stereocenters. The van der Waals surface area contributed by atoms with E-state index >= 15 is 0 Å². The summed E-state index contributed by atoms with van der Waals surface area (Å²) in [7, 11) is 0. The number of hydrogen-bond donors (Lipinski definition) is 3. The van der Waals surface area contributed by atoms with Crippen molar-refractivity contribution < 1.29 is 4.74 Å². The number of anilines is 2. The number of nitrogen functional groups attached to an aromatic ring is 1. The Labute approximate surface area is 114 Å². The molecular formula is C12H24N6O. The minimum atomic E-state index is -0.00420. The first kappa shape index (κ1) is 15.4. The highest BCUT2D eigenvalue weighted by Gasteiger charge is 2.11. The highest BCUT2D eigenvalue weighted by atomic mass is 16.5. The molecule has 0 bridgehead atoms. The normalized spacial score (nSPS) is 12.6. The van der Waals surface area contributed by atoms with Crippen LogP contribution in [0, 0.1) is 11.8 Å². The summed E-state index contributed by atoms with van der Waals surface area (Å²) in [6, 6.07) is 0.262. The topological polar surface area (TPSA) is 98.0 Å². The largest absolute Gasteiger partial charge is 0.461 e. The Morgan fingerprint density at radius 1 is 1.05 bits per heavy atom. The maximum atomic E-state index is 5.45. The van der Waals surface area contributed by atoms with Gasteiger partial charge in [-0.2, -0.15) is 15.0 Å². The monoisotopic (exact) mass is 268 g/mol. The van der Waals surface area contributed by atoms with Gasteiger partial charge in [0, 0.05) is 6.54 Å². The van der Waals surface area contributed by atoms with Crippen LogP contribution >= 0.6 is 0 Å². The number of aromatic nitrogens is 3. The number of ether oxygens (including phenoxy) is 1. The van der Waals surface area contributed by atoms with Gasteiger partial charge >= 0.3 is 6.01 Å². The van der Waals surface area contributed by atoms with Gasteiger partial charge in [-0.25, -0.2) is 5.84 Å². The van der Waals surface area contributed by atoms with Crippen molar-refractivity contribution in [2.75, 3.05) is 17.3 Å². The fourth-order valence-electron chi connectivity index (χ4n) is 1.25. The van der Waals surface area contributed by atoms with Crippen LogP contribution in [0.4, 0.5) is 11.9 Å². The van der Waals surface area contributed by atoms with Crippen LogP contribution in [-0.4, -0.2) is 27.6 Å². The number of hydrogen-bond acceptors (Lipinski definition) is 7. The molecule has 0 spiro atoms. The molecule has 0 fully saturated rings. The summed E-state index contributed by atoms with van der Waals surface area (Å²) in [6.07, 6.45) is -0.00420. The minimum absolute atomic E-state index is 0.00420. The molecule has 108 valence electrons. The summed E-state index contributed by atoms with van der Waals surface area (Å²) in [6.45, 7) is 11.1. The van der Waals surface area contributed by atoms with Crippen molar-refractivity contribution in [1.82, 2.24) is 15.0 Å². The lowest BCUT2D eigenvalue weighted by atomic mass is 9.98. The number of rotatable bonds is 7. The van der Waals surface area contributed by atoms with Crippen molar-refractivity contribution in [1.29, 1.82) is 0 Å². The number of nitrogens with two attached hydrogens (primary N) is 1. The fraction of sp³-hybridized carbons (Fsp3) is 0.750. The average molecular weight is 268 g/mol. The average Bonchev–Trinajstić information content (AvgIpc) is 2.34. The first-order chi connectivity index (χ1) is 8.92. The summed E-state index contributed by atoms with van der Waals surface area (Å²) in [5.74, 6) is 7.19. The maximum Gasteiger partial charge on any atom is 0.323 e. The van der Waals surface area contributed by atoms with Crippen molar-refractivity contribution in [2.45, 2.75) is 40.7 Å². The SMILES string of the molecule is CC(C)Oc1nc(NN)nc(NCC(C)C(C)C)n1. The maximum absolute atomic E-state index is 5.45. The van der Waals surface area contributed by atoms with E-state index in [9.17, 15) is 0 Å². The second kappa shape index (κ2) is 7.08. The van der Waals surface area contributed by atoms with Gasteiger partial charge in [-0.15, -0.1) is 0 Å². The smallest absolute Gasteiger partial charge is 0.323 e. The predicted octanol–water partition coefficient (Wildman–Crippen LogP) is 1.65. The molecule has 0 radical (unpaired) electrons. The molecule has 0 aliphatic rings. The molecular weight excluding hydrogens is 244 g/mol. The van der Waals surface area contributed by atoms with Crippen LogP contribution in [0.15, 0.2) is 0 Å². The summed E-state index contributed by atoms with van der Waals surface area (Å²) >= 11 is 0. The van der Waals surface area contributed by atoms with Gasteiger partial charge in [0.25, 0.3) is 0 Å². The lowest BCUT2D eigenvalue weighted by Crippen LogP contribution is -2.20. The van der Waals surface area contributed by atoms with Crippen molar-refractivity contribution in [3.05, 3.63) is 0 Å². The molecule has 0 aliphatic heterocycles. The quantitative estimate of drug-likeness (QED) is 0.511. The summed E-state index contributed by atoms with van der Waals surface area (Å²) in [5, 5.41) is 3.18. The van der Waals surface area contributed by atoms with E-state index in [-0.39, 0.29) is 18.1 Å². The Bertz CT molecular complexity index is 396. The minimum Gasteiger partial charge on any atom is -0.461 e. The zero-order valence-electron chi connectivity index (χ0n) is 12.3. The van der Waals surface area contributed by atoms with Crippen molar-refractivity contribution >= 4 is 11.9 Å². The fourth-order valence-corrected chi connectivity index (χ4v) is 1.25. The van der Waals surface area contributed by atoms with Crippen molar-refractivity contribution in [2.24, 2.45) is 17.7 Å². The molecule has 0 amide bonds. The van der Waals surface area contributed by atoms with E-state index in [4.69, 9.17) is 10.6 Å². The van der Waals surface area contributed by atoms with Gasteiger partial charge in [0.05, 0.1) is 6.10 Å². The molecule has 0 saturated carbocycles. The highest BCUT2D eigenvalue weighted by molar-refractivity contribution is 5.34. The molecule has 1 heterocycles. The van der Waals surface area contributed by atoms with Crippen LogP contribution in [0.25, 0.3) is 0 Å². The molecule has 0 saturated heterocycles. The van der Waals surface area contributed by atoms with E-state index in [2.05, 4.69) is 46.5 Å². The predicted molar refractivity (Wildman–Crippen MR) is 75.9 cm³/mol. The second-order valence-electron chi connectivity index (χ2n) is 5.18. The molecule has 1 aromatic rings. The molecule has 7 nitrogen and oxygen atoms in total. The standard InChI is InChI=1S/C12H24N6O/c1-7(2)9(5)6-14-10-15-11(18-13)17-12(16-10)19-8(3)4/h7-9H,6,13H2,1-5H3,(H2,14,15,16,17,18). The van der Waals surface area contributed by atoms with E-state index in [1.54, 1.807) is 0 Å². The Morgan fingerprint density at radius 3 is 2.21 bits per heavy atom. The molecule has 7 heteroatoms. The first-order valence-corrected chi connectivity index (χ1v) is 6.55. The van der Waals surface area contributed by atoms with Crippen LogP contribution in [0.1, 0.15) is 34.6 Å². The van der Waals surface area contributed by atoms with E-state index in [0.717, 1.165) is 6.54 Å². The number of hydrazine groups is 1. The van der Waals surface area contributed by atoms with Gasteiger partial charge < -0.3 is 10.1 Å². The first-order valence-electron chi connectivity index (χ1n) is 6.55. The van der Waals surface area contributed by atoms with E-state index in [1.165, 1.54) is 0 Å². The molecule has 1 rings (SSSR count). The van der Waals surface area contributed by atoms with Gasteiger partial charge in [0.1, 0.15) is 0 Å². The Kier molecular flexibility index (Phi) is 5.75. The van der Waals surface area contributed by atoms with Gasteiger partial charge in [0.2, 0.25) is 11.9 Å². The summed E-state index contributed by atoms with van der Waals surface area (Å²) in [5.41, 5.74) is 2.41. The molecule has 19 heavy (non-hydrogen) atoms. The van der Waals surface area contributed by atoms with Gasteiger partial charge in [-0.05, 0) is 25.7 Å². The lowest BCUT2D eigenvalue weighted by molar-refractivity contribution is 0.222. The van der Waals surface area contributed by atoms with Crippen LogP contribution in [0.5, 0.6) is 6.01 Å². The summed E-state index contributed by atoms with van der Waals surface area (Å²) in [4.78, 5) is 12.4. The third-order valence-corrected chi connectivity index (χ3v) is 2.81. The highest BCUT2D eigenvalue weighted by Crippen LogP contribution is 2.14. The molecule has 1 aromatic heterocycles. The molecule has 0 aliphatic carbocycles. The second-order valence-corrected chi connectivity index (χ2v) is 5.18. The zero-order chi connectivity index (χ0) is 14.4. The third kappa shape index (κ3) is 5.25. The molecule has 0 aromatic carbocycles. The summed E-state index contributed by atoms with van der Waals surface area (Å²) < 4.78 is 5.45. The van der Waals surface area contributed by atoms with Gasteiger partial charge in [-0.3, -0.25) is 5.43 Å². The van der Waals surface area contributed by atoms with E-state index < -0.39 is 0 Å². The number of nitrogens with one attached hydrogen (secondary N) is 2. The molecule has 1 atom stereocenters. The van der Waals surface area contributed by atoms with Crippen LogP contribution in [0.3, 0.4) is 0 Å². The van der Waals surface area contributed by atoms with Crippen LogP contribution in [-0.2, 0) is 0 Å². The van der Waals surface area contributed by atoms with E-state index in [0.29, 0.717) is 17.8 Å².